The Hall–Kier alpha value is 2.10. The molecule has 0 aromatic carbocycles. The largest absolute Gasteiger partial charge is 0.268 e. The highest BCUT2D eigenvalue weighted by Crippen LogP contribution is 2.39. The maximum absolute atomic E-state index is 10.8. The maximum atomic E-state index is 10.8. The Labute approximate surface area is 108 Å². The minimum Gasteiger partial charge on any atom is -0.268 e. The van der Waals surface area contributed by atoms with Gasteiger partial charge in [-0.15, -0.1) is 0 Å². The molecule has 0 aromatic heterocycles. The van der Waals surface area contributed by atoms with Gasteiger partial charge in [-0.2, -0.15) is 8.42 Å². The summed E-state index contributed by atoms with van der Waals surface area (Å²) in [5.74, 6) is 0.0192. The standard InChI is InChI=1S/C4H6I3O3S/c1-10-11(8,9)3-2-4(5,6)7/h1-3H2. The summed E-state index contributed by atoms with van der Waals surface area (Å²) in [5, 5.41) is 0. The van der Waals surface area contributed by atoms with Crippen LogP contribution in [0.15, 0.2) is 0 Å². The fraction of sp³-hybridized carbons (Fsp3) is 0.750. The van der Waals surface area contributed by atoms with Crippen molar-refractivity contribution >= 4 is 77.9 Å². The number of rotatable bonds is 4. The Kier molecular flexibility index (Phi) is 6.07. The molecule has 0 saturated carbocycles. The van der Waals surface area contributed by atoms with Crippen molar-refractivity contribution in [3.8, 4) is 0 Å². The van der Waals surface area contributed by atoms with Crippen LogP contribution in [0.1, 0.15) is 6.42 Å². The second-order valence-corrected chi connectivity index (χ2v) is 15.2. The molecule has 7 heteroatoms. The smallest absolute Gasteiger partial charge is 0.267 e. The van der Waals surface area contributed by atoms with E-state index in [1.807, 2.05) is 0 Å². The lowest BCUT2D eigenvalue weighted by Crippen LogP contribution is -2.12. The molecule has 3 nitrogen and oxygen atoms in total. The van der Waals surface area contributed by atoms with Crippen LogP contribution in [0.25, 0.3) is 0 Å². The molecule has 0 fully saturated rings. The van der Waals surface area contributed by atoms with Crippen LogP contribution in [-0.4, -0.2) is 13.6 Å². The van der Waals surface area contributed by atoms with E-state index in [2.05, 4.69) is 79.1 Å². The van der Waals surface area contributed by atoms with Gasteiger partial charge in [-0.25, -0.2) is 0 Å². The van der Waals surface area contributed by atoms with Crippen molar-refractivity contribution in [2.45, 2.75) is 5.86 Å². The van der Waals surface area contributed by atoms with Crippen LogP contribution in [0.2, 0.25) is 0 Å². The molecule has 0 aliphatic heterocycles. The summed E-state index contributed by atoms with van der Waals surface area (Å²) >= 11 is 6.50. The van der Waals surface area contributed by atoms with E-state index in [0.29, 0.717) is 6.42 Å². The van der Waals surface area contributed by atoms with E-state index in [4.69, 9.17) is 0 Å². The van der Waals surface area contributed by atoms with E-state index >= 15 is 0 Å². The molecule has 0 spiro atoms. The van der Waals surface area contributed by atoms with Crippen LogP contribution >= 0.6 is 67.8 Å². The molecular formula is C4H6I3O3S. The van der Waals surface area contributed by atoms with Crippen molar-refractivity contribution in [1.29, 1.82) is 0 Å². The third-order valence-electron chi connectivity index (χ3n) is 0.815. The van der Waals surface area contributed by atoms with Crippen molar-refractivity contribution in [1.82, 2.24) is 0 Å². The van der Waals surface area contributed by atoms with Crippen molar-refractivity contribution in [2.24, 2.45) is 0 Å². The van der Waals surface area contributed by atoms with Gasteiger partial charge in [-0.1, -0.05) is 67.8 Å². The summed E-state index contributed by atoms with van der Waals surface area (Å²) in [4.78, 5) is 0. The van der Waals surface area contributed by atoms with E-state index in [1.54, 1.807) is 0 Å². The highest BCUT2D eigenvalue weighted by atomic mass is 127. The average Bonchev–Trinajstić information content (AvgIpc) is 1.83. The molecule has 0 heterocycles. The predicted molar refractivity (Wildman–Crippen MR) is 69.6 cm³/mol. The van der Waals surface area contributed by atoms with Gasteiger partial charge in [-0.05, 0) is 6.42 Å². The summed E-state index contributed by atoms with van der Waals surface area (Å²) in [6.45, 7) is 0. The Morgan fingerprint density at radius 2 is 1.82 bits per heavy atom. The second kappa shape index (κ2) is 5.10. The first-order valence-electron chi connectivity index (χ1n) is 2.50. The number of halogens is 3. The van der Waals surface area contributed by atoms with Crippen LogP contribution in [0.3, 0.4) is 0 Å². The Bertz CT molecular complexity index is 205. The highest BCUT2D eigenvalue weighted by Gasteiger charge is 2.21. The summed E-state index contributed by atoms with van der Waals surface area (Å²) in [5.41, 5.74) is 0. The van der Waals surface area contributed by atoms with Crippen molar-refractivity contribution in [3.63, 3.8) is 0 Å². The molecule has 0 aliphatic rings. The van der Waals surface area contributed by atoms with Gasteiger partial charge in [0.1, 0.15) is -0.565 Å². The third kappa shape index (κ3) is 8.43. The van der Waals surface area contributed by atoms with E-state index in [0.717, 1.165) is 0 Å². The monoisotopic (exact) mass is 515 g/mol. The lowest BCUT2D eigenvalue weighted by Gasteiger charge is -2.10. The molecule has 67 valence electrons. The average molecular weight is 515 g/mol. The van der Waals surface area contributed by atoms with Gasteiger partial charge in [0, 0.05) is 0 Å². The van der Waals surface area contributed by atoms with Gasteiger partial charge in [-0.3, -0.25) is 4.18 Å². The van der Waals surface area contributed by atoms with Crippen molar-refractivity contribution in [2.75, 3.05) is 5.75 Å². The zero-order chi connectivity index (χ0) is 9.12. The Morgan fingerprint density at radius 3 is 2.09 bits per heavy atom. The lowest BCUT2D eigenvalue weighted by atomic mass is 10.6. The highest BCUT2D eigenvalue weighted by molar-refractivity contribution is 14.3. The third-order valence-corrected chi connectivity index (χ3v) is 3.50. The lowest BCUT2D eigenvalue weighted by molar-refractivity contribution is 0.437. The Balaban J connectivity index is 3.91. The van der Waals surface area contributed by atoms with Crippen LogP contribution in [0.5, 0.6) is 0 Å². The summed E-state index contributed by atoms with van der Waals surface area (Å²) < 4.78 is 25.5. The zero-order valence-electron chi connectivity index (χ0n) is 5.39. The molecule has 0 N–H and O–H groups in total. The number of hydrogen-bond donors (Lipinski definition) is 0. The van der Waals surface area contributed by atoms with Gasteiger partial charge in [0.2, 0.25) is 0 Å². The predicted octanol–water partition coefficient (Wildman–Crippen LogP) is 2.47. The summed E-state index contributed by atoms with van der Waals surface area (Å²) in [7, 11) is -0.515. The minimum absolute atomic E-state index is 0.0192. The minimum atomic E-state index is -3.38. The fourth-order valence-corrected chi connectivity index (χ4v) is 2.88. The number of hydrogen-bond acceptors (Lipinski definition) is 3. The SMILES string of the molecule is [CH2]OS(=O)(=O)CCC(I)(I)I. The molecule has 0 rings (SSSR count). The Morgan fingerprint density at radius 1 is 1.36 bits per heavy atom. The van der Waals surface area contributed by atoms with Crippen LogP contribution in [0.4, 0.5) is 0 Å². The van der Waals surface area contributed by atoms with Crippen LogP contribution in [0, 0.1) is 7.11 Å². The quantitative estimate of drug-likeness (QED) is 0.329. The molecule has 1 radical (unpaired) electrons. The number of alkyl halides is 3. The van der Waals surface area contributed by atoms with Gasteiger partial charge in [0.25, 0.3) is 10.1 Å². The molecule has 0 aromatic rings. The molecule has 0 unspecified atom stereocenters. The van der Waals surface area contributed by atoms with E-state index < -0.39 is 10.1 Å². The molecule has 0 atom stereocenters. The summed E-state index contributed by atoms with van der Waals surface area (Å²) in [6.07, 6.45) is 0.548. The van der Waals surface area contributed by atoms with Crippen molar-refractivity contribution < 1.29 is 12.6 Å². The maximum Gasteiger partial charge on any atom is 0.267 e. The first-order chi connectivity index (χ1) is 4.77. The molecule has 0 saturated heterocycles. The van der Waals surface area contributed by atoms with E-state index in [-0.39, 0.29) is 5.19 Å². The van der Waals surface area contributed by atoms with Gasteiger partial charge >= 0.3 is 0 Å². The van der Waals surface area contributed by atoms with Crippen LogP contribution in [-0.2, 0) is 14.3 Å². The van der Waals surface area contributed by atoms with Gasteiger partial charge in [0.05, 0.1) is 12.9 Å². The van der Waals surface area contributed by atoms with E-state index in [1.165, 1.54) is 0 Å². The van der Waals surface area contributed by atoms with Gasteiger partial charge in [0.15, 0.2) is 0 Å². The van der Waals surface area contributed by atoms with E-state index in [9.17, 15) is 8.42 Å². The van der Waals surface area contributed by atoms with Gasteiger partial charge < -0.3 is 0 Å². The topological polar surface area (TPSA) is 43.4 Å². The molecule has 0 amide bonds. The second-order valence-electron chi connectivity index (χ2n) is 1.74. The molecule has 0 aliphatic carbocycles. The zero-order valence-corrected chi connectivity index (χ0v) is 12.7. The first-order valence-corrected chi connectivity index (χ1v) is 7.31. The first kappa shape index (κ1) is 13.1. The molecular weight excluding hydrogens is 509 g/mol. The van der Waals surface area contributed by atoms with Crippen LogP contribution < -0.4 is 0 Å². The molecule has 11 heavy (non-hydrogen) atoms. The van der Waals surface area contributed by atoms with Crippen molar-refractivity contribution in [3.05, 3.63) is 7.11 Å². The fourth-order valence-electron chi connectivity index (χ4n) is 0.300. The normalized spacial score (nSPS) is 13.5. The molecule has 0 bridgehead atoms. The summed E-state index contributed by atoms with van der Waals surface area (Å²) in [6, 6.07) is 0.